The summed E-state index contributed by atoms with van der Waals surface area (Å²) in [4.78, 5) is 21.2. The molecule has 0 fully saturated rings. The number of nitrogens with zero attached hydrogens (tertiary/aromatic N) is 3. The number of hydrogen-bond donors (Lipinski definition) is 0. The first kappa shape index (κ1) is 19.4. The molecule has 1 aromatic carbocycles. The van der Waals surface area contributed by atoms with Crippen molar-refractivity contribution in [1.82, 2.24) is 14.5 Å². The molecule has 2 aromatic heterocycles. The van der Waals surface area contributed by atoms with Gasteiger partial charge in [0.1, 0.15) is 5.78 Å². The van der Waals surface area contributed by atoms with Crippen molar-refractivity contribution in [3.8, 4) is 11.3 Å². The second-order valence-corrected chi connectivity index (χ2v) is 7.47. The normalized spacial score (nSPS) is 10.9. The second-order valence-electron chi connectivity index (χ2n) is 6.53. The van der Waals surface area contributed by atoms with E-state index in [1.165, 1.54) is 22.9 Å². The Kier molecular flexibility index (Phi) is 6.45. The zero-order valence-electron chi connectivity index (χ0n) is 16.1. The van der Waals surface area contributed by atoms with E-state index in [2.05, 4.69) is 53.5 Å². The van der Waals surface area contributed by atoms with Crippen molar-refractivity contribution < 1.29 is 4.79 Å². The van der Waals surface area contributed by atoms with Crippen molar-refractivity contribution in [3.63, 3.8) is 0 Å². The van der Waals surface area contributed by atoms with Gasteiger partial charge in [-0.3, -0.25) is 9.78 Å². The maximum Gasteiger partial charge on any atom is 0.168 e. The van der Waals surface area contributed by atoms with Crippen molar-refractivity contribution in [2.24, 2.45) is 0 Å². The van der Waals surface area contributed by atoms with Gasteiger partial charge in [-0.1, -0.05) is 36.9 Å². The smallest absolute Gasteiger partial charge is 0.168 e. The zero-order chi connectivity index (χ0) is 19.2. The van der Waals surface area contributed by atoms with Gasteiger partial charge in [0.25, 0.3) is 0 Å². The highest BCUT2D eigenvalue weighted by Gasteiger charge is 2.14. The number of hydrogen-bond acceptors (Lipinski definition) is 4. The van der Waals surface area contributed by atoms with Crippen LogP contribution in [0.2, 0.25) is 0 Å². The van der Waals surface area contributed by atoms with E-state index in [1.807, 2.05) is 24.5 Å². The number of carbonyl (C=O) groups excluding carboxylic acids is 1. The maximum absolute atomic E-state index is 12.5. The average molecular weight is 380 g/mol. The van der Waals surface area contributed by atoms with E-state index in [1.54, 1.807) is 6.20 Å². The molecule has 3 aromatic rings. The third kappa shape index (κ3) is 4.66. The number of aryl methyl sites for hydroxylation is 2. The molecule has 2 heterocycles. The molecule has 0 bridgehead atoms. The van der Waals surface area contributed by atoms with E-state index >= 15 is 0 Å². The first-order chi connectivity index (χ1) is 13.1. The Morgan fingerprint density at radius 1 is 1.19 bits per heavy atom. The summed E-state index contributed by atoms with van der Waals surface area (Å²) in [6.45, 7) is 7.12. The van der Waals surface area contributed by atoms with Crippen molar-refractivity contribution >= 4 is 17.5 Å². The lowest BCUT2D eigenvalue weighted by atomic mass is 10.0. The summed E-state index contributed by atoms with van der Waals surface area (Å²) in [5.74, 6) is 0.652. The highest BCUT2D eigenvalue weighted by molar-refractivity contribution is 7.99. The lowest BCUT2D eigenvalue weighted by Crippen LogP contribution is -2.08. The Labute approximate surface area is 165 Å². The minimum Gasteiger partial charge on any atom is -0.319 e. The van der Waals surface area contributed by atoms with Gasteiger partial charge in [-0.25, -0.2) is 4.98 Å². The van der Waals surface area contributed by atoms with E-state index in [0.29, 0.717) is 12.2 Å². The van der Waals surface area contributed by atoms with Crippen molar-refractivity contribution in [2.75, 3.05) is 5.75 Å². The summed E-state index contributed by atoms with van der Waals surface area (Å²) in [5, 5.41) is 0.878. The van der Waals surface area contributed by atoms with Crippen LogP contribution < -0.4 is 0 Å². The summed E-state index contributed by atoms with van der Waals surface area (Å²) in [5.41, 5.74) is 5.70. The van der Waals surface area contributed by atoms with E-state index in [9.17, 15) is 4.79 Å². The molecule has 0 aliphatic rings. The molecule has 0 spiro atoms. The summed E-state index contributed by atoms with van der Waals surface area (Å²) >= 11 is 1.51. The topological polar surface area (TPSA) is 47.8 Å². The van der Waals surface area contributed by atoms with Crippen LogP contribution in [0.3, 0.4) is 0 Å². The third-order valence-electron chi connectivity index (χ3n) is 4.66. The summed E-state index contributed by atoms with van der Waals surface area (Å²) < 4.78 is 2.14. The molecule has 3 rings (SSSR count). The molecular weight excluding hydrogens is 354 g/mol. The Balaban J connectivity index is 1.66. The molecule has 4 nitrogen and oxygen atoms in total. The van der Waals surface area contributed by atoms with Crippen LogP contribution in [0.25, 0.3) is 11.3 Å². The zero-order valence-corrected chi connectivity index (χ0v) is 16.9. The average Bonchev–Trinajstić information content (AvgIpc) is 3.11. The molecule has 27 heavy (non-hydrogen) atoms. The second kappa shape index (κ2) is 9.00. The highest BCUT2D eigenvalue weighted by atomic mass is 32.2. The van der Waals surface area contributed by atoms with Crippen LogP contribution in [0.4, 0.5) is 0 Å². The minimum atomic E-state index is 0.223. The number of carbonyl (C=O) groups is 1. The van der Waals surface area contributed by atoms with E-state index in [-0.39, 0.29) is 5.78 Å². The number of Topliss-reactive ketones (excluding diaryl/α,β-unsaturated/α-hetero) is 1. The number of rotatable bonds is 8. The molecule has 0 aliphatic carbocycles. The molecule has 0 atom stereocenters. The number of aromatic nitrogens is 3. The highest BCUT2D eigenvalue weighted by Crippen LogP contribution is 2.26. The van der Waals surface area contributed by atoms with Crippen molar-refractivity contribution in [2.45, 2.75) is 45.3 Å². The lowest BCUT2D eigenvalue weighted by Gasteiger charge is -2.10. The lowest BCUT2D eigenvalue weighted by molar-refractivity contribution is -0.116. The molecule has 0 saturated carbocycles. The Bertz CT molecular complexity index is 919. The van der Waals surface area contributed by atoms with Gasteiger partial charge in [0, 0.05) is 30.9 Å². The van der Waals surface area contributed by atoms with E-state index in [4.69, 9.17) is 0 Å². The van der Waals surface area contributed by atoms with Crippen LogP contribution in [0.1, 0.15) is 30.5 Å². The first-order valence-electron chi connectivity index (χ1n) is 9.31. The molecule has 0 radical (unpaired) electrons. The molecule has 140 valence electrons. The predicted molar refractivity (Wildman–Crippen MR) is 111 cm³/mol. The SMILES string of the molecule is CCc1ccc(CC(=O)CSc2ncc(-c3cccnc3)n2CC)c(C)c1. The summed E-state index contributed by atoms with van der Waals surface area (Å²) in [6.07, 6.45) is 6.96. The van der Waals surface area contributed by atoms with Crippen LogP contribution in [-0.4, -0.2) is 26.1 Å². The van der Waals surface area contributed by atoms with E-state index in [0.717, 1.165) is 34.9 Å². The largest absolute Gasteiger partial charge is 0.319 e. The Morgan fingerprint density at radius 3 is 2.70 bits per heavy atom. The van der Waals surface area contributed by atoms with Gasteiger partial charge < -0.3 is 4.57 Å². The van der Waals surface area contributed by atoms with Crippen molar-refractivity contribution in [3.05, 3.63) is 65.6 Å². The molecular formula is C22H25N3OS. The quantitative estimate of drug-likeness (QED) is 0.531. The number of ketones is 1. The molecule has 0 N–H and O–H groups in total. The molecule has 0 saturated heterocycles. The van der Waals surface area contributed by atoms with Crippen LogP contribution in [0.5, 0.6) is 0 Å². The van der Waals surface area contributed by atoms with Gasteiger partial charge in [0.2, 0.25) is 0 Å². The van der Waals surface area contributed by atoms with Gasteiger partial charge in [-0.15, -0.1) is 0 Å². The maximum atomic E-state index is 12.5. The fraction of sp³-hybridized carbons (Fsp3) is 0.318. The Morgan fingerprint density at radius 2 is 2.04 bits per heavy atom. The number of pyridine rings is 1. The standard InChI is InChI=1S/C22H25N3OS/c1-4-17-8-9-18(16(3)11-17)12-20(26)15-27-22-24-14-21(25(22)5-2)19-7-6-10-23-13-19/h6-11,13-14H,4-5,12,15H2,1-3H3. The van der Waals surface area contributed by atoms with Gasteiger partial charge in [-0.05, 0) is 49.1 Å². The van der Waals surface area contributed by atoms with Gasteiger partial charge in [-0.2, -0.15) is 0 Å². The molecule has 5 heteroatoms. The summed E-state index contributed by atoms with van der Waals surface area (Å²) in [6, 6.07) is 10.3. The fourth-order valence-corrected chi connectivity index (χ4v) is 4.01. The molecule has 0 aliphatic heterocycles. The van der Waals surface area contributed by atoms with Crippen LogP contribution >= 0.6 is 11.8 Å². The van der Waals surface area contributed by atoms with Gasteiger partial charge in [0.15, 0.2) is 5.16 Å². The predicted octanol–water partition coefficient (Wildman–Crippen LogP) is 4.74. The van der Waals surface area contributed by atoms with Crippen LogP contribution in [-0.2, 0) is 24.2 Å². The molecule has 0 unspecified atom stereocenters. The third-order valence-corrected chi connectivity index (χ3v) is 5.71. The molecule has 0 amide bonds. The minimum absolute atomic E-state index is 0.223. The first-order valence-corrected chi connectivity index (χ1v) is 10.3. The number of imidazole rings is 1. The van der Waals surface area contributed by atoms with Crippen molar-refractivity contribution in [1.29, 1.82) is 0 Å². The van der Waals surface area contributed by atoms with E-state index < -0.39 is 0 Å². The van der Waals surface area contributed by atoms with Crippen LogP contribution in [0.15, 0.2) is 54.1 Å². The van der Waals surface area contributed by atoms with Gasteiger partial charge >= 0.3 is 0 Å². The number of thioether (sulfide) groups is 1. The monoisotopic (exact) mass is 379 g/mol. The number of benzene rings is 1. The van der Waals surface area contributed by atoms with Crippen LogP contribution in [0, 0.1) is 6.92 Å². The summed E-state index contributed by atoms with van der Waals surface area (Å²) in [7, 11) is 0. The fourth-order valence-electron chi connectivity index (χ4n) is 3.11. The van der Waals surface area contributed by atoms with Gasteiger partial charge in [0.05, 0.1) is 17.6 Å². The Hall–Kier alpha value is -2.40.